The summed E-state index contributed by atoms with van der Waals surface area (Å²) in [7, 11) is 1.67. The first kappa shape index (κ1) is 19.6. The second-order valence-corrected chi connectivity index (χ2v) is 6.35. The summed E-state index contributed by atoms with van der Waals surface area (Å²) in [4.78, 5) is 37.1. The highest BCUT2D eigenvalue weighted by Crippen LogP contribution is 2.13. The Morgan fingerprint density at radius 3 is 2.08 bits per heavy atom. The van der Waals surface area contributed by atoms with Crippen molar-refractivity contribution in [2.24, 2.45) is 0 Å². The molecule has 0 bridgehead atoms. The molecule has 0 unspecified atom stereocenters. The third kappa shape index (κ3) is 6.31. The number of ketones is 1. The smallest absolute Gasteiger partial charge is 0.238 e. The molecule has 2 rings (SSSR count). The number of halogens is 1. The Balaban J connectivity index is 1.82. The number of rotatable bonds is 7. The van der Waals surface area contributed by atoms with Crippen LogP contribution in [0.3, 0.4) is 0 Å². The Hall–Kier alpha value is -2.70. The van der Waals surface area contributed by atoms with Gasteiger partial charge in [0.15, 0.2) is 5.78 Å². The first-order chi connectivity index (χ1) is 12.3. The predicted molar refractivity (Wildman–Crippen MR) is 103 cm³/mol. The second kappa shape index (κ2) is 9.12. The van der Waals surface area contributed by atoms with Gasteiger partial charge in [-0.2, -0.15) is 0 Å². The summed E-state index contributed by atoms with van der Waals surface area (Å²) < 4.78 is 0. The quantitative estimate of drug-likeness (QED) is 0.731. The standard InChI is InChI=1S/C19H20ClN3O3/c1-13(24)14-4-3-5-17(10-14)22-19(26)12-23(2)11-18(25)21-16-8-6-15(20)7-9-16/h3-10H,11-12H2,1-2H3,(H,21,25)(H,22,26). The van der Waals surface area contributed by atoms with E-state index in [4.69, 9.17) is 11.6 Å². The molecule has 0 aliphatic carbocycles. The zero-order chi connectivity index (χ0) is 19.1. The van der Waals surface area contributed by atoms with Gasteiger partial charge in [-0.05, 0) is 50.4 Å². The lowest BCUT2D eigenvalue weighted by Crippen LogP contribution is -2.36. The van der Waals surface area contributed by atoms with Crippen LogP contribution in [0.5, 0.6) is 0 Å². The van der Waals surface area contributed by atoms with Gasteiger partial charge >= 0.3 is 0 Å². The Morgan fingerprint density at radius 2 is 1.50 bits per heavy atom. The largest absolute Gasteiger partial charge is 0.325 e. The maximum atomic E-state index is 12.1. The maximum absolute atomic E-state index is 12.1. The molecule has 0 atom stereocenters. The Kier molecular flexibility index (Phi) is 6.89. The second-order valence-electron chi connectivity index (χ2n) is 5.91. The van der Waals surface area contributed by atoms with E-state index in [1.807, 2.05) is 0 Å². The van der Waals surface area contributed by atoms with Crippen LogP contribution >= 0.6 is 11.6 Å². The zero-order valence-corrected chi connectivity index (χ0v) is 15.3. The number of carbonyl (C=O) groups excluding carboxylic acids is 3. The minimum Gasteiger partial charge on any atom is -0.325 e. The molecule has 0 radical (unpaired) electrons. The number of hydrogen-bond donors (Lipinski definition) is 2. The molecular formula is C19H20ClN3O3. The van der Waals surface area contributed by atoms with Gasteiger partial charge in [-0.15, -0.1) is 0 Å². The predicted octanol–water partition coefficient (Wildman–Crippen LogP) is 3.05. The number of benzene rings is 2. The minimum atomic E-state index is -0.271. The highest BCUT2D eigenvalue weighted by Gasteiger charge is 2.12. The summed E-state index contributed by atoms with van der Waals surface area (Å²) in [6, 6.07) is 13.5. The lowest BCUT2D eigenvalue weighted by Gasteiger charge is -2.16. The zero-order valence-electron chi connectivity index (χ0n) is 14.6. The van der Waals surface area contributed by atoms with Gasteiger partial charge in [0.1, 0.15) is 0 Å². The van der Waals surface area contributed by atoms with Crippen LogP contribution in [0.2, 0.25) is 5.02 Å². The Bertz CT molecular complexity index is 806. The molecule has 0 fully saturated rings. The third-order valence-corrected chi connectivity index (χ3v) is 3.76. The third-order valence-electron chi connectivity index (χ3n) is 3.51. The molecule has 0 aliphatic heterocycles. The summed E-state index contributed by atoms with van der Waals surface area (Å²) in [6.07, 6.45) is 0. The van der Waals surface area contributed by atoms with Gasteiger partial charge in [-0.1, -0.05) is 23.7 Å². The summed E-state index contributed by atoms with van der Waals surface area (Å²) in [6.45, 7) is 1.57. The molecule has 2 N–H and O–H groups in total. The van der Waals surface area contributed by atoms with Gasteiger partial charge in [-0.25, -0.2) is 0 Å². The fourth-order valence-electron chi connectivity index (χ4n) is 2.30. The summed E-state index contributed by atoms with van der Waals surface area (Å²) in [5.74, 6) is -0.578. The number of nitrogens with zero attached hydrogens (tertiary/aromatic N) is 1. The lowest BCUT2D eigenvalue weighted by molar-refractivity contribution is -0.119. The molecule has 0 aromatic heterocycles. The molecule has 7 heteroatoms. The van der Waals surface area contributed by atoms with Crippen LogP contribution in [-0.2, 0) is 9.59 Å². The fraction of sp³-hybridized carbons (Fsp3) is 0.211. The molecule has 0 heterocycles. The molecule has 26 heavy (non-hydrogen) atoms. The van der Waals surface area contributed by atoms with Crippen LogP contribution < -0.4 is 10.6 Å². The van der Waals surface area contributed by atoms with Crippen molar-refractivity contribution in [1.82, 2.24) is 4.90 Å². The van der Waals surface area contributed by atoms with E-state index in [0.29, 0.717) is 22.0 Å². The molecule has 2 aromatic rings. The average molecular weight is 374 g/mol. The van der Waals surface area contributed by atoms with E-state index in [2.05, 4.69) is 10.6 Å². The van der Waals surface area contributed by atoms with E-state index in [9.17, 15) is 14.4 Å². The number of nitrogens with one attached hydrogen (secondary N) is 2. The summed E-state index contributed by atoms with van der Waals surface area (Å²) in [5.41, 5.74) is 1.71. The number of hydrogen-bond acceptors (Lipinski definition) is 4. The van der Waals surface area contributed by atoms with Gasteiger partial charge in [0.2, 0.25) is 11.8 Å². The molecule has 0 aliphatic rings. The van der Waals surface area contributed by atoms with Crippen LogP contribution in [-0.4, -0.2) is 42.6 Å². The first-order valence-corrected chi connectivity index (χ1v) is 8.36. The van der Waals surface area contributed by atoms with Crippen LogP contribution in [0.4, 0.5) is 11.4 Å². The maximum Gasteiger partial charge on any atom is 0.238 e. The van der Waals surface area contributed by atoms with Crippen molar-refractivity contribution in [1.29, 1.82) is 0 Å². The van der Waals surface area contributed by atoms with E-state index < -0.39 is 0 Å². The lowest BCUT2D eigenvalue weighted by atomic mass is 10.1. The highest BCUT2D eigenvalue weighted by atomic mass is 35.5. The van der Waals surface area contributed by atoms with Crippen molar-refractivity contribution in [3.05, 3.63) is 59.1 Å². The van der Waals surface area contributed by atoms with Gasteiger partial charge < -0.3 is 10.6 Å². The van der Waals surface area contributed by atoms with Crippen LogP contribution in [0.1, 0.15) is 17.3 Å². The van der Waals surface area contributed by atoms with Gasteiger partial charge in [0.05, 0.1) is 13.1 Å². The summed E-state index contributed by atoms with van der Waals surface area (Å²) >= 11 is 5.80. The monoisotopic (exact) mass is 373 g/mol. The van der Waals surface area contributed by atoms with Crippen molar-refractivity contribution >= 4 is 40.6 Å². The molecule has 0 saturated heterocycles. The number of amides is 2. The molecule has 2 amide bonds. The molecule has 2 aromatic carbocycles. The Morgan fingerprint density at radius 1 is 0.923 bits per heavy atom. The van der Waals surface area contributed by atoms with E-state index >= 15 is 0 Å². The fourth-order valence-corrected chi connectivity index (χ4v) is 2.42. The normalized spacial score (nSPS) is 10.5. The number of carbonyl (C=O) groups is 3. The SMILES string of the molecule is CC(=O)c1cccc(NC(=O)CN(C)CC(=O)Nc2ccc(Cl)cc2)c1. The van der Waals surface area contributed by atoms with Gasteiger partial charge in [-0.3, -0.25) is 19.3 Å². The Labute approximate surface area is 157 Å². The van der Waals surface area contributed by atoms with Gasteiger partial charge in [0.25, 0.3) is 0 Å². The minimum absolute atomic E-state index is 0.0400. The number of anilines is 2. The highest BCUT2D eigenvalue weighted by molar-refractivity contribution is 6.30. The van der Waals surface area contributed by atoms with Crippen molar-refractivity contribution in [3.63, 3.8) is 0 Å². The average Bonchev–Trinajstić information content (AvgIpc) is 2.56. The summed E-state index contributed by atoms with van der Waals surface area (Å²) in [5, 5.41) is 6.04. The van der Waals surface area contributed by atoms with E-state index in [-0.39, 0.29) is 30.7 Å². The van der Waals surface area contributed by atoms with Crippen molar-refractivity contribution in [3.8, 4) is 0 Å². The van der Waals surface area contributed by atoms with Crippen molar-refractivity contribution in [2.45, 2.75) is 6.92 Å². The number of likely N-dealkylation sites (N-methyl/N-ethyl adjacent to an activating group) is 1. The van der Waals surface area contributed by atoms with Crippen molar-refractivity contribution in [2.75, 3.05) is 30.8 Å². The molecule has 0 spiro atoms. The number of Topliss-reactive ketones (excluding diaryl/α,β-unsaturated/α-hetero) is 1. The van der Waals surface area contributed by atoms with Crippen LogP contribution in [0, 0.1) is 0 Å². The van der Waals surface area contributed by atoms with E-state index in [1.54, 1.807) is 60.5 Å². The van der Waals surface area contributed by atoms with E-state index in [1.165, 1.54) is 6.92 Å². The van der Waals surface area contributed by atoms with Crippen LogP contribution in [0.15, 0.2) is 48.5 Å². The van der Waals surface area contributed by atoms with Gasteiger partial charge in [0, 0.05) is 22.0 Å². The molecule has 0 saturated carbocycles. The molecule has 6 nitrogen and oxygen atoms in total. The molecule has 136 valence electrons. The van der Waals surface area contributed by atoms with Crippen molar-refractivity contribution < 1.29 is 14.4 Å². The molecular weight excluding hydrogens is 354 g/mol. The topological polar surface area (TPSA) is 78.5 Å². The van der Waals surface area contributed by atoms with E-state index in [0.717, 1.165) is 0 Å². The first-order valence-electron chi connectivity index (χ1n) is 7.98. The van der Waals surface area contributed by atoms with Crippen LogP contribution in [0.25, 0.3) is 0 Å².